The Hall–Kier alpha value is -1.68. The number of nitrogens with zero attached hydrogens (tertiary/aromatic N) is 2. The van der Waals surface area contributed by atoms with Gasteiger partial charge in [-0.3, -0.25) is 4.79 Å². The van der Waals surface area contributed by atoms with Gasteiger partial charge >= 0.3 is 5.97 Å². The quantitative estimate of drug-likeness (QED) is 0.354. The molecule has 1 amide bonds. The smallest absolute Gasteiger partial charge is 0.328 e. The number of pyridine rings is 1. The summed E-state index contributed by atoms with van der Waals surface area (Å²) in [5, 5.41) is 18.7. The van der Waals surface area contributed by atoms with Gasteiger partial charge in [-0.2, -0.15) is 0 Å². The van der Waals surface area contributed by atoms with Gasteiger partial charge in [0.1, 0.15) is 0 Å². The second kappa shape index (κ2) is 9.21. The number of carbonyl (C=O) groups is 2. The minimum absolute atomic E-state index is 0.0592. The first-order chi connectivity index (χ1) is 14.5. The Labute approximate surface area is 188 Å². The fraction of sp³-hybridized carbons (Fsp3) is 0.381. The lowest BCUT2D eigenvalue weighted by molar-refractivity contribution is -0.688. The van der Waals surface area contributed by atoms with Crippen LogP contribution >= 0.6 is 35.3 Å². The summed E-state index contributed by atoms with van der Waals surface area (Å²) in [6.07, 6.45) is 6.57. The normalized spacial score (nSPS) is 25.1. The third-order valence-electron chi connectivity index (χ3n) is 5.35. The van der Waals surface area contributed by atoms with Crippen LogP contribution in [-0.2, 0) is 16.1 Å². The highest BCUT2D eigenvalue weighted by Crippen LogP contribution is 2.53. The fourth-order valence-corrected chi connectivity index (χ4v) is 7.49. The summed E-state index contributed by atoms with van der Waals surface area (Å²) in [5.74, 6) is -1.40. The van der Waals surface area contributed by atoms with E-state index in [4.69, 9.17) is 5.11 Å². The van der Waals surface area contributed by atoms with E-state index >= 15 is 0 Å². The molecule has 2 N–H and O–H groups in total. The number of aromatic nitrogens is 1. The molecule has 158 valence electrons. The van der Waals surface area contributed by atoms with E-state index in [2.05, 4.69) is 47.5 Å². The molecule has 3 heterocycles. The van der Waals surface area contributed by atoms with Gasteiger partial charge in [-0.15, -0.1) is 35.3 Å². The van der Waals surface area contributed by atoms with Gasteiger partial charge in [-0.25, -0.2) is 9.36 Å². The number of carboxylic acids is 1. The lowest BCUT2D eigenvalue weighted by Crippen LogP contribution is -2.61. The van der Waals surface area contributed by atoms with Gasteiger partial charge in [0.05, 0.1) is 15.9 Å². The van der Waals surface area contributed by atoms with Crippen LogP contribution in [0.25, 0.3) is 0 Å². The predicted molar refractivity (Wildman–Crippen MR) is 118 cm³/mol. The van der Waals surface area contributed by atoms with E-state index in [1.807, 2.05) is 12.1 Å². The number of aliphatic carboxylic acids is 1. The van der Waals surface area contributed by atoms with E-state index in [1.54, 1.807) is 11.8 Å². The summed E-state index contributed by atoms with van der Waals surface area (Å²) >= 11 is 4.73. The van der Waals surface area contributed by atoms with Crippen molar-refractivity contribution in [3.63, 3.8) is 0 Å². The lowest BCUT2D eigenvalue weighted by atomic mass is 9.93. The van der Waals surface area contributed by atoms with Gasteiger partial charge in [-0.1, -0.05) is 12.1 Å². The van der Waals surface area contributed by atoms with Crippen LogP contribution in [0.4, 0.5) is 0 Å². The molecule has 1 aromatic carbocycles. The molecule has 2 fully saturated rings. The molecule has 2 aliphatic heterocycles. The van der Waals surface area contributed by atoms with Crippen LogP contribution in [0.2, 0.25) is 0 Å². The minimum atomic E-state index is -0.972. The number of aliphatic hydroxyl groups is 1. The number of rotatable bonds is 8. The number of carbonyl (C=O) groups excluding carboxylic acids is 1. The number of fused-ring (bicyclic) bond motifs is 1. The van der Waals surface area contributed by atoms with Crippen LogP contribution in [-0.4, -0.2) is 55.8 Å². The molecular weight excluding hydrogens is 440 g/mol. The summed E-state index contributed by atoms with van der Waals surface area (Å²) in [7, 11) is 0. The van der Waals surface area contributed by atoms with E-state index in [0.717, 1.165) is 17.0 Å². The average molecular weight is 464 g/mol. The number of hydrogen-bond acceptors (Lipinski definition) is 6. The monoisotopic (exact) mass is 463 g/mol. The maximum atomic E-state index is 12.3. The van der Waals surface area contributed by atoms with E-state index in [9.17, 15) is 14.7 Å². The Morgan fingerprint density at radius 3 is 2.47 bits per heavy atom. The van der Waals surface area contributed by atoms with Gasteiger partial charge in [0.2, 0.25) is 5.91 Å². The summed E-state index contributed by atoms with van der Waals surface area (Å²) in [5.41, 5.74) is 1.16. The average Bonchev–Trinajstić information content (AvgIpc) is 3.09. The van der Waals surface area contributed by atoms with E-state index in [1.165, 1.54) is 33.3 Å². The van der Waals surface area contributed by atoms with Crippen molar-refractivity contribution in [2.75, 3.05) is 12.9 Å². The molecule has 2 aromatic rings. The second-order valence-corrected chi connectivity index (χ2v) is 10.9. The topological polar surface area (TPSA) is 81.7 Å². The summed E-state index contributed by atoms with van der Waals surface area (Å²) in [4.78, 5) is 27.9. The third kappa shape index (κ3) is 4.21. The standard InChI is InChI=1S/C21H22N2O4S3/c1-28-14-6-9-22(10-7-14)12-13-2-4-15(5-3-13)29-21-17(20(26)27)23-18(25)16(8-11-24)19(23)30-21/h2-7,9-10,16-17,19,21,24H,8,11-12H2,1H3/p+1/t16-,17?,19?,21?/m0/s1. The third-order valence-corrected chi connectivity index (χ3v) is 9.11. The van der Waals surface area contributed by atoms with Crippen molar-refractivity contribution >= 4 is 47.2 Å². The maximum Gasteiger partial charge on any atom is 0.328 e. The van der Waals surface area contributed by atoms with Crippen LogP contribution in [0.1, 0.15) is 12.0 Å². The Balaban J connectivity index is 1.42. The highest BCUT2D eigenvalue weighted by Gasteiger charge is 2.60. The van der Waals surface area contributed by atoms with Crippen LogP contribution < -0.4 is 4.57 Å². The highest BCUT2D eigenvalue weighted by atomic mass is 32.2. The zero-order valence-electron chi connectivity index (χ0n) is 16.4. The van der Waals surface area contributed by atoms with Crippen molar-refractivity contribution in [3.8, 4) is 0 Å². The Kier molecular flexibility index (Phi) is 6.62. The van der Waals surface area contributed by atoms with Crippen molar-refractivity contribution in [3.05, 3.63) is 54.4 Å². The molecule has 4 rings (SSSR count). The minimum Gasteiger partial charge on any atom is -0.480 e. The number of benzene rings is 1. The second-order valence-electron chi connectivity index (χ2n) is 7.21. The number of hydrogen-bond donors (Lipinski definition) is 2. The Bertz CT molecular complexity index is 923. The molecule has 0 bridgehead atoms. The SMILES string of the molecule is CSc1cc[n+](Cc2ccc(SC3SC4[C@@H](CCO)C(=O)N4C3C(=O)O)cc2)cc1. The highest BCUT2D eigenvalue weighted by molar-refractivity contribution is 8.17. The summed E-state index contributed by atoms with van der Waals surface area (Å²) < 4.78 is 1.85. The molecule has 4 atom stereocenters. The number of thioether (sulfide) groups is 3. The Morgan fingerprint density at radius 2 is 1.87 bits per heavy atom. The summed E-state index contributed by atoms with van der Waals surface area (Å²) in [6, 6.07) is 11.5. The maximum absolute atomic E-state index is 12.3. The molecule has 0 radical (unpaired) electrons. The lowest BCUT2D eigenvalue weighted by Gasteiger charge is -2.43. The van der Waals surface area contributed by atoms with Crippen molar-refractivity contribution < 1.29 is 24.4 Å². The first-order valence-corrected chi connectivity index (χ1v) is 12.7. The van der Waals surface area contributed by atoms with Crippen molar-refractivity contribution in [1.82, 2.24) is 4.90 Å². The zero-order chi connectivity index (χ0) is 21.3. The summed E-state index contributed by atoms with van der Waals surface area (Å²) in [6.45, 7) is 0.707. The number of aliphatic hydroxyl groups excluding tert-OH is 1. The van der Waals surface area contributed by atoms with Gasteiger partial charge in [-0.05, 0) is 24.8 Å². The molecule has 6 nitrogen and oxygen atoms in total. The van der Waals surface area contributed by atoms with Crippen LogP contribution in [0.3, 0.4) is 0 Å². The first kappa shape index (κ1) is 21.5. The van der Waals surface area contributed by atoms with Crippen molar-refractivity contribution in [2.45, 2.75) is 38.8 Å². The van der Waals surface area contributed by atoms with Gasteiger partial charge in [0.15, 0.2) is 25.0 Å². The molecule has 1 aromatic heterocycles. The molecule has 9 heteroatoms. The Morgan fingerprint density at radius 1 is 1.17 bits per heavy atom. The predicted octanol–water partition coefficient (Wildman–Crippen LogP) is 2.53. The molecule has 2 saturated heterocycles. The number of amides is 1. The molecule has 0 saturated carbocycles. The van der Waals surface area contributed by atoms with Gasteiger partial charge in [0.25, 0.3) is 0 Å². The van der Waals surface area contributed by atoms with E-state index in [0.29, 0.717) is 6.42 Å². The molecular formula is C21H23N2O4S3+. The van der Waals surface area contributed by atoms with Crippen LogP contribution in [0.5, 0.6) is 0 Å². The number of β-lactam (4-membered cyclic amide) rings is 1. The largest absolute Gasteiger partial charge is 0.480 e. The number of carboxylic acid groups (broad SMARTS) is 1. The molecule has 30 heavy (non-hydrogen) atoms. The van der Waals surface area contributed by atoms with Crippen LogP contribution in [0.15, 0.2) is 58.6 Å². The molecule has 0 spiro atoms. The van der Waals surface area contributed by atoms with Gasteiger partial charge < -0.3 is 15.1 Å². The first-order valence-electron chi connectivity index (χ1n) is 9.62. The van der Waals surface area contributed by atoms with Gasteiger partial charge in [0, 0.05) is 34.1 Å². The van der Waals surface area contributed by atoms with Crippen LogP contribution in [0, 0.1) is 5.92 Å². The molecule has 2 aliphatic rings. The van der Waals surface area contributed by atoms with E-state index < -0.39 is 12.0 Å². The molecule has 3 unspecified atom stereocenters. The fourth-order valence-electron chi connectivity index (χ4n) is 3.79. The zero-order valence-corrected chi connectivity index (χ0v) is 18.8. The van der Waals surface area contributed by atoms with Crippen molar-refractivity contribution in [2.24, 2.45) is 5.92 Å². The van der Waals surface area contributed by atoms with E-state index in [-0.39, 0.29) is 28.4 Å². The molecule has 0 aliphatic carbocycles. The van der Waals surface area contributed by atoms with Crippen molar-refractivity contribution in [1.29, 1.82) is 0 Å².